The van der Waals surface area contributed by atoms with Gasteiger partial charge in [-0.1, -0.05) is 24.3 Å². The number of anilines is 2. The number of hydrogen-bond acceptors (Lipinski definition) is 3. The lowest BCUT2D eigenvalue weighted by Gasteiger charge is -2.09. The Hall–Kier alpha value is -3.21. The molecule has 0 bridgehead atoms. The molecule has 126 valence electrons. The largest absolute Gasteiger partial charge is 0.366 e. The number of hydrogen-bond donors (Lipinski definition) is 2. The van der Waals surface area contributed by atoms with Gasteiger partial charge in [-0.15, -0.1) is 0 Å². The Morgan fingerprint density at radius 3 is 2.64 bits per heavy atom. The molecule has 1 heterocycles. The van der Waals surface area contributed by atoms with Crippen molar-refractivity contribution in [3.8, 4) is 0 Å². The molecule has 2 N–H and O–H groups in total. The molecule has 0 radical (unpaired) electrons. The third kappa shape index (κ3) is 4.64. The van der Waals surface area contributed by atoms with Crippen LogP contribution in [-0.2, 0) is 6.54 Å². The number of amides is 1. The van der Waals surface area contributed by atoms with Crippen molar-refractivity contribution >= 4 is 17.4 Å². The van der Waals surface area contributed by atoms with Crippen LogP contribution in [0.1, 0.15) is 21.6 Å². The third-order valence-electron chi connectivity index (χ3n) is 3.63. The van der Waals surface area contributed by atoms with Crippen molar-refractivity contribution in [1.29, 1.82) is 0 Å². The van der Waals surface area contributed by atoms with Crippen molar-refractivity contribution in [3.05, 3.63) is 89.4 Å². The summed E-state index contributed by atoms with van der Waals surface area (Å²) in [7, 11) is 0. The Kier molecular flexibility index (Phi) is 5.04. The zero-order chi connectivity index (χ0) is 17.6. The molecule has 0 unspecified atom stereocenters. The molecule has 3 aromatic rings. The van der Waals surface area contributed by atoms with Crippen LogP contribution in [0.3, 0.4) is 0 Å². The van der Waals surface area contributed by atoms with Gasteiger partial charge in [0.2, 0.25) is 0 Å². The summed E-state index contributed by atoms with van der Waals surface area (Å²) in [6.07, 6.45) is 0. The molecule has 0 spiro atoms. The lowest BCUT2D eigenvalue weighted by molar-refractivity contribution is 0.102. The second-order valence-corrected chi connectivity index (χ2v) is 5.68. The highest BCUT2D eigenvalue weighted by Gasteiger charge is 2.07. The molecule has 2 aromatic carbocycles. The van der Waals surface area contributed by atoms with Crippen molar-refractivity contribution in [2.24, 2.45) is 0 Å². The summed E-state index contributed by atoms with van der Waals surface area (Å²) in [5, 5.41) is 6.03. The van der Waals surface area contributed by atoms with Crippen LogP contribution < -0.4 is 10.6 Å². The molecule has 0 aliphatic heterocycles. The van der Waals surface area contributed by atoms with Gasteiger partial charge in [-0.25, -0.2) is 9.37 Å². The van der Waals surface area contributed by atoms with E-state index in [0.717, 1.165) is 17.1 Å². The summed E-state index contributed by atoms with van der Waals surface area (Å²) < 4.78 is 13.2. The smallest absolute Gasteiger partial charge is 0.255 e. The number of carbonyl (C=O) groups excluding carboxylic acids is 1. The van der Waals surface area contributed by atoms with Crippen molar-refractivity contribution in [3.63, 3.8) is 0 Å². The molecule has 1 amide bonds. The summed E-state index contributed by atoms with van der Waals surface area (Å²) >= 11 is 0. The number of carbonyl (C=O) groups is 1. The molecular formula is C20H18FN3O. The lowest BCUT2D eigenvalue weighted by atomic mass is 10.1. The van der Waals surface area contributed by atoms with Crippen LogP contribution in [-0.4, -0.2) is 10.9 Å². The first-order chi connectivity index (χ1) is 12.1. The highest BCUT2D eigenvalue weighted by atomic mass is 19.1. The fourth-order valence-electron chi connectivity index (χ4n) is 2.43. The molecule has 5 heteroatoms. The highest BCUT2D eigenvalue weighted by Crippen LogP contribution is 2.14. The maximum absolute atomic E-state index is 13.2. The Morgan fingerprint density at radius 1 is 1.04 bits per heavy atom. The molecule has 0 aliphatic carbocycles. The summed E-state index contributed by atoms with van der Waals surface area (Å²) in [5.41, 5.74) is 2.89. The van der Waals surface area contributed by atoms with E-state index in [0.29, 0.717) is 12.2 Å². The predicted octanol–water partition coefficient (Wildman–Crippen LogP) is 4.39. The normalized spacial score (nSPS) is 10.3. The summed E-state index contributed by atoms with van der Waals surface area (Å²) in [5.74, 6) is 0.0235. The van der Waals surface area contributed by atoms with E-state index in [-0.39, 0.29) is 11.5 Å². The van der Waals surface area contributed by atoms with Crippen LogP contribution >= 0.6 is 0 Å². The Balaban J connectivity index is 1.66. The Morgan fingerprint density at radius 2 is 1.84 bits per heavy atom. The number of nitrogens with zero attached hydrogens (tertiary/aromatic N) is 1. The first-order valence-electron chi connectivity index (χ1n) is 7.93. The third-order valence-corrected chi connectivity index (χ3v) is 3.63. The fourth-order valence-corrected chi connectivity index (χ4v) is 2.43. The topological polar surface area (TPSA) is 54.0 Å². The summed E-state index contributed by atoms with van der Waals surface area (Å²) in [6, 6.07) is 18.9. The molecule has 0 aliphatic rings. The number of aryl methyl sites for hydroxylation is 1. The van der Waals surface area contributed by atoms with E-state index in [4.69, 9.17) is 0 Å². The van der Waals surface area contributed by atoms with Gasteiger partial charge in [0, 0.05) is 23.5 Å². The maximum Gasteiger partial charge on any atom is 0.255 e. The van der Waals surface area contributed by atoms with Gasteiger partial charge in [0.1, 0.15) is 11.6 Å². The highest BCUT2D eigenvalue weighted by molar-refractivity contribution is 6.04. The quantitative estimate of drug-likeness (QED) is 0.727. The second kappa shape index (κ2) is 7.57. The van der Waals surface area contributed by atoms with Crippen LogP contribution in [0.15, 0.2) is 66.7 Å². The Bertz CT molecular complexity index is 895. The monoisotopic (exact) mass is 335 g/mol. The van der Waals surface area contributed by atoms with E-state index >= 15 is 0 Å². The van der Waals surface area contributed by atoms with Gasteiger partial charge in [-0.05, 0) is 55.0 Å². The number of aromatic nitrogens is 1. The first-order valence-corrected chi connectivity index (χ1v) is 7.93. The summed E-state index contributed by atoms with van der Waals surface area (Å²) in [4.78, 5) is 16.6. The van der Waals surface area contributed by atoms with Crippen LogP contribution in [0.5, 0.6) is 0 Å². The molecule has 1 aromatic heterocycles. The van der Waals surface area contributed by atoms with Gasteiger partial charge in [-0.2, -0.15) is 0 Å². The minimum Gasteiger partial charge on any atom is -0.366 e. The van der Waals surface area contributed by atoms with E-state index in [2.05, 4.69) is 15.6 Å². The van der Waals surface area contributed by atoms with Crippen molar-refractivity contribution < 1.29 is 9.18 Å². The van der Waals surface area contributed by atoms with E-state index in [1.807, 2.05) is 43.3 Å². The van der Waals surface area contributed by atoms with Crippen molar-refractivity contribution in [2.45, 2.75) is 13.5 Å². The van der Waals surface area contributed by atoms with Crippen molar-refractivity contribution in [1.82, 2.24) is 4.98 Å². The maximum atomic E-state index is 13.2. The second-order valence-electron chi connectivity index (χ2n) is 5.68. The molecule has 4 nitrogen and oxygen atoms in total. The standard InChI is InChI=1S/C20H18FN3O/c1-14-5-2-10-19(23-14)22-13-15-6-3-9-18(11-15)24-20(25)16-7-4-8-17(21)12-16/h2-12H,13H2,1H3,(H,22,23)(H,24,25). The van der Waals surface area contributed by atoms with Crippen LogP contribution in [0.2, 0.25) is 0 Å². The number of nitrogens with one attached hydrogen (secondary N) is 2. The van der Waals surface area contributed by atoms with E-state index in [1.165, 1.54) is 18.2 Å². The van der Waals surface area contributed by atoms with Crippen LogP contribution in [0.25, 0.3) is 0 Å². The van der Waals surface area contributed by atoms with Gasteiger partial charge < -0.3 is 10.6 Å². The number of halogens is 1. The minimum atomic E-state index is -0.434. The molecule has 25 heavy (non-hydrogen) atoms. The number of benzene rings is 2. The van der Waals surface area contributed by atoms with Gasteiger partial charge >= 0.3 is 0 Å². The van der Waals surface area contributed by atoms with Crippen molar-refractivity contribution in [2.75, 3.05) is 10.6 Å². The van der Waals surface area contributed by atoms with Gasteiger partial charge in [0.05, 0.1) is 0 Å². The predicted molar refractivity (Wildman–Crippen MR) is 97.1 cm³/mol. The molecule has 0 atom stereocenters. The average Bonchev–Trinajstić information content (AvgIpc) is 2.60. The molecule has 0 fully saturated rings. The molecular weight excluding hydrogens is 317 g/mol. The molecule has 0 saturated carbocycles. The SMILES string of the molecule is Cc1cccc(NCc2cccc(NC(=O)c3cccc(F)c3)c2)n1. The van der Waals surface area contributed by atoms with Gasteiger partial charge in [0.25, 0.3) is 5.91 Å². The minimum absolute atomic E-state index is 0.285. The fraction of sp³-hybridized carbons (Fsp3) is 0.100. The Labute approximate surface area is 145 Å². The summed E-state index contributed by atoms with van der Waals surface area (Å²) in [6.45, 7) is 2.52. The molecule has 0 saturated heterocycles. The van der Waals surface area contributed by atoms with E-state index < -0.39 is 5.82 Å². The molecule has 3 rings (SSSR count). The van der Waals surface area contributed by atoms with Gasteiger partial charge in [0.15, 0.2) is 0 Å². The van der Waals surface area contributed by atoms with Crippen LogP contribution in [0, 0.1) is 12.7 Å². The zero-order valence-electron chi connectivity index (χ0n) is 13.8. The first kappa shape index (κ1) is 16.6. The zero-order valence-corrected chi connectivity index (χ0v) is 13.8. The lowest BCUT2D eigenvalue weighted by Crippen LogP contribution is -2.12. The van der Waals surface area contributed by atoms with E-state index in [9.17, 15) is 9.18 Å². The van der Waals surface area contributed by atoms with E-state index in [1.54, 1.807) is 12.1 Å². The van der Waals surface area contributed by atoms with Crippen LogP contribution in [0.4, 0.5) is 15.9 Å². The number of pyridine rings is 1. The van der Waals surface area contributed by atoms with Gasteiger partial charge in [-0.3, -0.25) is 4.79 Å². The average molecular weight is 335 g/mol. The number of rotatable bonds is 5.